The third kappa shape index (κ3) is 3.58. The minimum atomic E-state index is 0.899. The molecule has 0 spiro atoms. The summed E-state index contributed by atoms with van der Waals surface area (Å²) >= 11 is 0. The van der Waals surface area contributed by atoms with Gasteiger partial charge in [0.15, 0.2) is 0 Å². The molecule has 25 heavy (non-hydrogen) atoms. The zero-order valence-electron chi connectivity index (χ0n) is 14.1. The van der Waals surface area contributed by atoms with Crippen LogP contribution in [0.3, 0.4) is 0 Å². The van der Waals surface area contributed by atoms with Gasteiger partial charge in [-0.25, -0.2) is 0 Å². The predicted molar refractivity (Wildman–Crippen MR) is 104 cm³/mol. The molecule has 0 unspecified atom stereocenters. The molecule has 0 aromatic heterocycles. The molecule has 3 aromatic carbocycles. The maximum atomic E-state index is 4.67. The number of nitrogens with zero attached hydrogens (tertiary/aromatic N) is 2. The first-order chi connectivity index (χ1) is 12.4. The third-order valence-electron chi connectivity index (χ3n) is 4.58. The first-order valence-corrected chi connectivity index (χ1v) is 8.71. The molecule has 0 atom stereocenters. The van der Waals surface area contributed by atoms with Gasteiger partial charge in [0.1, 0.15) is 5.71 Å². The molecule has 0 saturated carbocycles. The Kier molecular flexibility index (Phi) is 4.51. The van der Waals surface area contributed by atoms with Crippen LogP contribution >= 0.6 is 0 Å². The second-order valence-corrected chi connectivity index (χ2v) is 6.29. The largest absolute Gasteiger partial charge is 0.159 e. The number of hydrogen-bond donors (Lipinski definition) is 0. The first kappa shape index (κ1) is 15.5. The van der Waals surface area contributed by atoms with E-state index in [4.69, 9.17) is 0 Å². The van der Waals surface area contributed by atoms with Crippen LogP contribution in [0.4, 0.5) is 0 Å². The number of aryl methyl sites for hydroxylation is 1. The van der Waals surface area contributed by atoms with Crippen molar-refractivity contribution in [2.75, 3.05) is 0 Å². The van der Waals surface area contributed by atoms with Crippen molar-refractivity contribution in [2.24, 2.45) is 10.2 Å². The molecule has 0 amide bonds. The lowest BCUT2D eigenvalue weighted by Crippen LogP contribution is -2.13. The van der Waals surface area contributed by atoms with Gasteiger partial charge in [0.2, 0.25) is 0 Å². The molecule has 3 aromatic rings. The van der Waals surface area contributed by atoms with Gasteiger partial charge in [-0.2, -0.15) is 5.10 Å². The lowest BCUT2D eigenvalue weighted by atomic mass is 9.90. The molecule has 1 aliphatic rings. The van der Waals surface area contributed by atoms with Crippen molar-refractivity contribution in [1.82, 2.24) is 0 Å². The maximum Gasteiger partial charge on any atom is 0.100 e. The van der Waals surface area contributed by atoms with Gasteiger partial charge in [-0.05, 0) is 24.0 Å². The van der Waals surface area contributed by atoms with Gasteiger partial charge in [0.25, 0.3) is 0 Å². The smallest absolute Gasteiger partial charge is 0.100 e. The fraction of sp³-hybridized carbons (Fsp3) is 0.130. The van der Waals surface area contributed by atoms with E-state index in [9.17, 15) is 0 Å². The van der Waals surface area contributed by atoms with E-state index < -0.39 is 0 Å². The molecule has 0 aliphatic heterocycles. The van der Waals surface area contributed by atoms with Crippen molar-refractivity contribution in [3.63, 3.8) is 0 Å². The van der Waals surface area contributed by atoms with E-state index in [0.717, 1.165) is 41.8 Å². The van der Waals surface area contributed by atoms with Crippen LogP contribution in [-0.4, -0.2) is 11.4 Å². The highest BCUT2D eigenvalue weighted by molar-refractivity contribution is 6.13. The molecular weight excluding hydrogens is 304 g/mol. The van der Waals surface area contributed by atoms with Gasteiger partial charge in [0.05, 0.1) is 0 Å². The topological polar surface area (TPSA) is 24.7 Å². The molecule has 122 valence electrons. The molecule has 0 bridgehead atoms. The Morgan fingerprint density at radius 1 is 0.600 bits per heavy atom. The molecule has 0 N–H and O–H groups in total. The minimum Gasteiger partial charge on any atom is -0.159 e. The summed E-state index contributed by atoms with van der Waals surface area (Å²) in [5.74, 6) is 0. The van der Waals surface area contributed by atoms with Crippen molar-refractivity contribution < 1.29 is 0 Å². The van der Waals surface area contributed by atoms with Crippen LogP contribution < -0.4 is 0 Å². The second kappa shape index (κ2) is 7.27. The van der Waals surface area contributed by atoms with E-state index in [0.29, 0.717) is 0 Å². The molecule has 0 heterocycles. The fourth-order valence-corrected chi connectivity index (χ4v) is 3.24. The number of hydrogen-bond acceptors (Lipinski definition) is 2. The minimum absolute atomic E-state index is 0.899. The van der Waals surface area contributed by atoms with E-state index >= 15 is 0 Å². The SMILES string of the molecule is c1ccc(C(=NN=C2CCc3ccccc3C2)c2ccccc2)cc1. The molecule has 0 fully saturated rings. The van der Waals surface area contributed by atoms with Gasteiger partial charge in [-0.3, -0.25) is 0 Å². The van der Waals surface area contributed by atoms with Crippen molar-refractivity contribution in [3.05, 3.63) is 107 Å². The van der Waals surface area contributed by atoms with Crippen LogP contribution in [0.25, 0.3) is 0 Å². The monoisotopic (exact) mass is 324 g/mol. The van der Waals surface area contributed by atoms with Gasteiger partial charge < -0.3 is 0 Å². The first-order valence-electron chi connectivity index (χ1n) is 8.71. The van der Waals surface area contributed by atoms with E-state index in [2.05, 4.69) is 58.7 Å². The Balaban J connectivity index is 1.69. The predicted octanol–water partition coefficient (Wildman–Crippen LogP) is 5.07. The summed E-state index contributed by atoms with van der Waals surface area (Å²) in [5, 5.41) is 9.31. The summed E-state index contributed by atoms with van der Waals surface area (Å²) < 4.78 is 0. The fourth-order valence-electron chi connectivity index (χ4n) is 3.24. The number of benzene rings is 3. The molecule has 1 aliphatic carbocycles. The van der Waals surface area contributed by atoms with Gasteiger partial charge in [0, 0.05) is 23.3 Å². The van der Waals surface area contributed by atoms with E-state index in [-0.39, 0.29) is 0 Å². The van der Waals surface area contributed by atoms with Crippen molar-refractivity contribution in [3.8, 4) is 0 Å². The third-order valence-corrected chi connectivity index (χ3v) is 4.58. The standard InChI is InChI=1S/C23H20N2/c1-3-10-19(11-4-1)23(20-12-5-2-6-13-20)25-24-22-16-15-18-9-7-8-14-21(18)17-22/h1-14H,15-17H2. The Hall–Kier alpha value is -3.00. The second-order valence-electron chi connectivity index (χ2n) is 6.29. The Morgan fingerprint density at radius 3 is 1.80 bits per heavy atom. The van der Waals surface area contributed by atoms with Gasteiger partial charge >= 0.3 is 0 Å². The average Bonchev–Trinajstić information content (AvgIpc) is 2.70. The summed E-state index contributed by atoms with van der Waals surface area (Å²) in [6.07, 6.45) is 2.93. The summed E-state index contributed by atoms with van der Waals surface area (Å²) in [4.78, 5) is 0. The van der Waals surface area contributed by atoms with Gasteiger partial charge in [-0.15, -0.1) is 5.10 Å². The molecule has 2 nitrogen and oxygen atoms in total. The highest BCUT2D eigenvalue weighted by Crippen LogP contribution is 2.20. The highest BCUT2D eigenvalue weighted by atomic mass is 15.2. The summed E-state index contributed by atoms with van der Waals surface area (Å²) in [7, 11) is 0. The summed E-state index contributed by atoms with van der Waals surface area (Å²) in [6, 6.07) is 29.2. The number of fused-ring (bicyclic) bond motifs is 1. The normalized spacial score (nSPS) is 14.8. The Morgan fingerprint density at radius 2 is 1.16 bits per heavy atom. The van der Waals surface area contributed by atoms with Crippen LogP contribution in [0.15, 0.2) is 95.1 Å². The zero-order chi connectivity index (χ0) is 16.9. The molecule has 0 saturated heterocycles. The number of rotatable bonds is 3. The van der Waals surface area contributed by atoms with Gasteiger partial charge in [-0.1, -0.05) is 84.9 Å². The van der Waals surface area contributed by atoms with Crippen molar-refractivity contribution in [2.45, 2.75) is 19.3 Å². The summed E-state index contributed by atoms with van der Waals surface area (Å²) in [5.41, 5.74) is 7.08. The van der Waals surface area contributed by atoms with Crippen LogP contribution in [0.1, 0.15) is 28.7 Å². The highest BCUT2D eigenvalue weighted by Gasteiger charge is 2.14. The zero-order valence-corrected chi connectivity index (χ0v) is 14.1. The van der Waals surface area contributed by atoms with Crippen LogP contribution in [0.5, 0.6) is 0 Å². The average molecular weight is 324 g/mol. The molecule has 2 heteroatoms. The van der Waals surface area contributed by atoms with Crippen molar-refractivity contribution >= 4 is 11.4 Å². The summed E-state index contributed by atoms with van der Waals surface area (Å²) in [6.45, 7) is 0. The van der Waals surface area contributed by atoms with E-state index in [1.165, 1.54) is 11.1 Å². The molecular formula is C23H20N2. The molecule has 4 rings (SSSR count). The Labute approximate surface area is 148 Å². The Bertz CT molecular complexity index is 868. The van der Waals surface area contributed by atoms with Crippen LogP contribution in [0.2, 0.25) is 0 Å². The van der Waals surface area contributed by atoms with E-state index in [1.807, 2.05) is 36.4 Å². The van der Waals surface area contributed by atoms with Crippen LogP contribution in [0, 0.1) is 0 Å². The molecule has 0 radical (unpaired) electrons. The van der Waals surface area contributed by atoms with Crippen LogP contribution in [-0.2, 0) is 12.8 Å². The lowest BCUT2D eigenvalue weighted by Gasteiger charge is -2.16. The van der Waals surface area contributed by atoms with E-state index in [1.54, 1.807) is 0 Å². The lowest BCUT2D eigenvalue weighted by molar-refractivity contribution is 0.934. The van der Waals surface area contributed by atoms with Crippen molar-refractivity contribution in [1.29, 1.82) is 0 Å². The quantitative estimate of drug-likeness (QED) is 0.475. The maximum absolute atomic E-state index is 4.67.